The van der Waals surface area contributed by atoms with Crippen LogP contribution >= 0.6 is 0 Å². The monoisotopic (exact) mass is 253 g/mol. The fourth-order valence-electron chi connectivity index (χ4n) is 2.12. The molecule has 2 amide bonds. The molecule has 1 aliphatic heterocycles. The van der Waals surface area contributed by atoms with Gasteiger partial charge in [-0.05, 0) is 23.8 Å². The van der Waals surface area contributed by atoms with Crippen LogP contribution in [0.4, 0.5) is 11.5 Å². The molecule has 2 aromatic rings. The zero-order chi connectivity index (χ0) is 13.4. The molecule has 0 aliphatic carbocycles. The molecule has 0 radical (unpaired) electrons. The van der Waals surface area contributed by atoms with Crippen LogP contribution in [-0.4, -0.2) is 16.8 Å². The Kier molecular flexibility index (Phi) is 2.52. The average Bonchev–Trinajstić information content (AvgIpc) is 2.41. The van der Waals surface area contributed by atoms with E-state index in [1.165, 1.54) is 6.20 Å². The van der Waals surface area contributed by atoms with Crippen molar-refractivity contribution in [2.75, 3.05) is 10.6 Å². The van der Waals surface area contributed by atoms with Gasteiger partial charge in [0.05, 0.1) is 18.3 Å². The van der Waals surface area contributed by atoms with E-state index < -0.39 is 0 Å². The highest BCUT2D eigenvalue weighted by Gasteiger charge is 2.32. The molecule has 3 rings (SSSR count). The van der Waals surface area contributed by atoms with Crippen molar-refractivity contribution in [3.63, 3.8) is 0 Å². The van der Waals surface area contributed by atoms with Crippen LogP contribution in [0.5, 0.6) is 0 Å². The molecule has 1 aromatic carbocycles. The fraction of sp³-hybridized carbons (Fsp3) is 0.0714. The average molecular weight is 253 g/mol. The van der Waals surface area contributed by atoms with Crippen molar-refractivity contribution in [2.45, 2.75) is 6.42 Å². The van der Waals surface area contributed by atoms with Gasteiger partial charge in [-0.3, -0.25) is 9.59 Å². The van der Waals surface area contributed by atoms with E-state index in [0.29, 0.717) is 17.1 Å². The van der Waals surface area contributed by atoms with Crippen LogP contribution in [0.15, 0.2) is 42.6 Å². The third kappa shape index (κ3) is 1.85. The summed E-state index contributed by atoms with van der Waals surface area (Å²) in [5.41, 5.74) is 7.33. The Morgan fingerprint density at radius 2 is 1.89 bits per heavy atom. The molecule has 94 valence electrons. The summed E-state index contributed by atoms with van der Waals surface area (Å²) >= 11 is 0. The molecule has 5 nitrogen and oxygen atoms in total. The first-order chi connectivity index (χ1) is 9.16. The van der Waals surface area contributed by atoms with Crippen LogP contribution in [-0.2, 0) is 11.2 Å². The Labute approximate surface area is 109 Å². The highest BCUT2D eigenvalue weighted by atomic mass is 16.2. The van der Waals surface area contributed by atoms with Crippen LogP contribution in [0.2, 0.25) is 0 Å². The summed E-state index contributed by atoms with van der Waals surface area (Å²) in [5.74, 6) is -0.316. The standard InChI is InChI=1S/C14H11N3O2/c15-10-5-6-12(16-8-10)17-13(18)7-9-3-1-2-4-11(9)14(17)19/h1-6,8H,7,15H2. The van der Waals surface area contributed by atoms with E-state index in [1.54, 1.807) is 30.3 Å². The van der Waals surface area contributed by atoms with Crippen molar-refractivity contribution < 1.29 is 9.59 Å². The van der Waals surface area contributed by atoms with Crippen LogP contribution < -0.4 is 10.6 Å². The second kappa shape index (κ2) is 4.20. The normalized spacial score (nSPS) is 14.4. The first-order valence-electron chi connectivity index (χ1n) is 5.83. The van der Waals surface area contributed by atoms with E-state index in [2.05, 4.69) is 4.98 Å². The first kappa shape index (κ1) is 11.4. The molecule has 5 heteroatoms. The Morgan fingerprint density at radius 1 is 1.11 bits per heavy atom. The zero-order valence-electron chi connectivity index (χ0n) is 10.0. The summed E-state index contributed by atoms with van der Waals surface area (Å²) in [6, 6.07) is 10.3. The van der Waals surface area contributed by atoms with Crippen molar-refractivity contribution in [1.82, 2.24) is 4.98 Å². The summed E-state index contributed by atoms with van der Waals surface area (Å²) in [6.45, 7) is 0. The highest BCUT2D eigenvalue weighted by molar-refractivity contribution is 6.24. The number of pyridine rings is 1. The van der Waals surface area contributed by atoms with Crippen LogP contribution in [0.3, 0.4) is 0 Å². The Bertz CT molecular complexity index is 665. The van der Waals surface area contributed by atoms with Gasteiger partial charge in [0, 0.05) is 5.56 Å². The molecule has 0 spiro atoms. The van der Waals surface area contributed by atoms with Gasteiger partial charge in [0.15, 0.2) is 0 Å². The number of nitrogens with zero attached hydrogens (tertiary/aromatic N) is 2. The fourth-order valence-corrected chi connectivity index (χ4v) is 2.12. The molecule has 0 fully saturated rings. The van der Waals surface area contributed by atoms with Crippen molar-refractivity contribution in [2.24, 2.45) is 0 Å². The number of hydrogen-bond acceptors (Lipinski definition) is 4. The molecular weight excluding hydrogens is 242 g/mol. The molecule has 0 unspecified atom stereocenters. The van der Waals surface area contributed by atoms with Crippen molar-refractivity contribution in [1.29, 1.82) is 0 Å². The number of carbonyl (C=O) groups is 2. The lowest BCUT2D eigenvalue weighted by atomic mass is 9.98. The molecule has 2 heterocycles. The van der Waals surface area contributed by atoms with E-state index >= 15 is 0 Å². The van der Waals surface area contributed by atoms with Gasteiger partial charge in [-0.15, -0.1) is 0 Å². The maximum atomic E-state index is 12.3. The van der Waals surface area contributed by atoms with Crippen LogP contribution in [0, 0.1) is 0 Å². The lowest BCUT2D eigenvalue weighted by molar-refractivity contribution is -0.117. The van der Waals surface area contributed by atoms with E-state index in [-0.39, 0.29) is 18.2 Å². The number of nitrogen functional groups attached to an aromatic ring is 1. The number of imide groups is 1. The lowest BCUT2D eigenvalue weighted by Gasteiger charge is -2.25. The van der Waals surface area contributed by atoms with Gasteiger partial charge in [-0.1, -0.05) is 18.2 Å². The van der Waals surface area contributed by atoms with Gasteiger partial charge in [-0.25, -0.2) is 9.88 Å². The number of carbonyl (C=O) groups excluding carboxylic acids is 2. The summed E-state index contributed by atoms with van der Waals surface area (Å²) < 4.78 is 0. The summed E-state index contributed by atoms with van der Waals surface area (Å²) in [4.78, 5) is 29.6. The SMILES string of the molecule is Nc1ccc(N2C(=O)Cc3ccccc3C2=O)nc1. The predicted molar refractivity (Wildman–Crippen MR) is 70.6 cm³/mol. The summed E-state index contributed by atoms with van der Waals surface area (Å²) in [6.07, 6.45) is 1.63. The largest absolute Gasteiger partial charge is 0.397 e. The molecule has 0 bridgehead atoms. The molecule has 2 N–H and O–H groups in total. The van der Waals surface area contributed by atoms with Gasteiger partial charge in [-0.2, -0.15) is 0 Å². The minimum absolute atomic E-state index is 0.202. The second-order valence-corrected chi connectivity index (χ2v) is 4.32. The maximum absolute atomic E-state index is 12.3. The van der Waals surface area contributed by atoms with Gasteiger partial charge in [0.1, 0.15) is 5.82 Å². The molecule has 1 aromatic heterocycles. The molecule has 1 aliphatic rings. The molecule has 19 heavy (non-hydrogen) atoms. The van der Waals surface area contributed by atoms with Crippen molar-refractivity contribution in [3.05, 3.63) is 53.7 Å². The number of amides is 2. The molecular formula is C14H11N3O2. The Hall–Kier alpha value is -2.69. The van der Waals surface area contributed by atoms with Gasteiger partial charge >= 0.3 is 0 Å². The van der Waals surface area contributed by atoms with Crippen molar-refractivity contribution in [3.8, 4) is 0 Å². The number of anilines is 2. The minimum Gasteiger partial charge on any atom is -0.397 e. The topological polar surface area (TPSA) is 76.3 Å². The second-order valence-electron chi connectivity index (χ2n) is 4.32. The lowest BCUT2D eigenvalue weighted by Crippen LogP contribution is -2.42. The van der Waals surface area contributed by atoms with Crippen molar-refractivity contribution >= 4 is 23.3 Å². The number of nitrogens with two attached hydrogens (primary N) is 1. The van der Waals surface area contributed by atoms with Gasteiger partial charge in [0.25, 0.3) is 5.91 Å². The van der Waals surface area contributed by atoms with E-state index in [0.717, 1.165) is 10.5 Å². The van der Waals surface area contributed by atoms with E-state index in [9.17, 15) is 9.59 Å². The third-order valence-electron chi connectivity index (χ3n) is 3.04. The number of fused-ring (bicyclic) bond motifs is 1. The number of aromatic nitrogens is 1. The number of hydrogen-bond donors (Lipinski definition) is 1. The summed E-state index contributed by atoms with van der Waals surface area (Å²) in [5, 5.41) is 0. The van der Waals surface area contributed by atoms with Gasteiger partial charge < -0.3 is 5.73 Å². The highest BCUT2D eigenvalue weighted by Crippen LogP contribution is 2.24. The Morgan fingerprint density at radius 3 is 2.63 bits per heavy atom. The molecule has 0 saturated carbocycles. The smallest absolute Gasteiger partial charge is 0.266 e. The Balaban J connectivity index is 2.06. The summed E-state index contributed by atoms with van der Waals surface area (Å²) in [7, 11) is 0. The quantitative estimate of drug-likeness (QED) is 0.779. The van der Waals surface area contributed by atoms with Gasteiger partial charge in [0.2, 0.25) is 5.91 Å². The molecule has 0 atom stereocenters. The third-order valence-corrected chi connectivity index (χ3v) is 3.04. The number of rotatable bonds is 1. The van der Waals surface area contributed by atoms with Crippen LogP contribution in [0.1, 0.15) is 15.9 Å². The first-order valence-corrected chi connectivity index (χ1v) is 5.83. The maximum Gasteiger partial charge on any atom is 0.266 e. The molecule has 0 saturated heterocycles. The minimum atomic E-state index is -0.343. The zero-order valence-corrected chi connectivity index (χ0v) is 10.0. The predicted octanol–water partition coefficient (Wildman–Crippen LogP) is 1.39. The number of benzene rings is 1. The van der Waals surface area contributed by atoms with E-state index in [4.69, 9.17) is 5.73 Å². The van der Waals surface area contributed by atoms with E-state index in [1.807, 2.05) is 6.07 Å². The van der Waals surface area contributed by atoms with Crippen LogP contribution in [0.25, 0.3) is 0 Å².